The number of rotatable bonds is 4. The van der Waals surface area contributed by atoms with Crippen LogP contribution in [0.25, 0.3) is 0 Å². The first-order valence-electron chi connectivity index (χ1n) is 6.03. The highest BCUT2D eigenvalue weighted by molar-refractivity contribution is 6.31. The van der Waals surface area contributed by atoms with Crippen LogP contribution in [-0.4, -0.2) is 22.3 Å². The topological polar surface area (TPSA) is 71.2 Å². The van der Waals surface area contributed by atoms with Crippen LogP contribution in [0.1, 0.15) is 25.5 Å². The summed E-state index contributed by atoms with van der Waals surface area (Å²) in [5, 5.41) is 0.557. The van der Waals surface area contributed by atoms with Crippen LogP contribution in [0.5, 0.6) is 0 Å². The number of halogens is 1. The van der Waals surface area contributed by atoms with Crippen LogP contribution in [0.2, 0.25) is 5.02 Å². The molecule has 5 nitrogen and oxygen atoms in total. The molecule has 0 radical (unpaired) electrons. The zero-order chi connectivity index (χ0) is 13.1. The third-order valence-corrected chi connectivity index (χ3v) is 3.62. The van der Waals surface area contributed by atoms with Crippen molar-refractivity contribution in [1.29, 1.82) is 0 Å². The summed E-state index contributed by atoms with van der Waals surface area (Å²) < 4.78 is 0. The van der Waals surface area contributed by atoms with Crippen molar-refractivity contribution in [1.82, 2.24) is 9.88 Å². The van der Waals surface area contributed by atoms with Crippen LogP contribution in [0, 0.1) is 5.92 Å². The molecule has 1 atom stereocenters. The van der Waals surface area contributed by atoms with E-state index in [-0.39, 0.29) is 5.91 Å². The summed E-state index contributed by atoms with van der Waals surface area (Å²) in [6, 6.07) is 3.43. The fraction of sp³-hybridized carbons (Fsp3) is 0.500. The molecule has 1 saturated heterocycles. The third kappa shape index (κ3) is 2.73. The number of nitrogen functional groups attached to an aromatic ring is 1. The van der Waals surface area contributed by atoms with E-state index in [1.54, 1.807) is 12.1 Å². The molecular weight excluding hydrogens is 252 g/mol. The minimum Gasteiger partial charge on any atom is -0.336 e. The first-order chi connectivity index (χ1) is 8.63. The average molecular weight is 269 g/mol. The molecule has 0 aliphatic carbocycles. The van der Waals surface area contributed by atoms with Gasteiger partial charge in [-0.3, -0.25) is 4.79 Å². The number of carbonyl (C=O) groups is 1. The van der Waals surface area contributed by atoms with Crippen LogP contribution in [0.4, 0.5) is 5.82 Å². The molecule has 1 aliphatic rings. The molecule has 1 aliphatic heterocycles. The Kier molecular flexibility index (Phi) is 4.04. The Bertz CT molecular complexity index is 452. The molecule has 2 heterocycles. The monoisotopic (exact) mass is 268 g/mol. The summed E-state index contributed by atoms with van der Waals surface area (Å²) in [6.45, 7) is 3.34. The molecule has 1 fully saturated rings. The number of nitrogens with zero attached hydrogens (tertiary/aromatic N) is 2. The summed E-state index contributed by atoms with van der Waals surface area (Å²) in [4.78, 5) is 17.9. The van der Waals surface area contributed by atoms with Gasteiger partial charge in [-0.1, -0.05) is 24.9 Å². The van der Waals surface area contributed by atoms with E-state index >= 15 is 0 Å². The van der Waals surface area contributed by atoms with Gasteiger partial charge in [-0.25, -0.2) is 10.8 Å². The number of amides is 1. The van der Waals surface area contributed by atoms with Crippen LogP contribution in [-0.2, 0) is 11.3 Å². The second kappa shape index (κ2) is 5.54. The summed E-state index contributed by atoms with van der Waals surface area (Å²) in [6.07, 6.45) is 1.65. The Hall–Kier alpha value is -1.33. The van der Waals surface area contributed by atoms with Crippen LogP contribution < -0.4 is 11.3 Å². The predicted molar refractivity (Wildman–Crippen MR) is 70.9 cm³/mol. The van der Waals surface area contributed by atoms with Crippen molar-refractivity contribution in [2.75, 3.05) is 12.0 Å². The smallest absolute Gasteiger partial charge is 0.223 e. The number of nitrogens with two attached hydrogens (primary N) is 1. The lowest BCUT2D eigenvalue weighted by Gasteiger charge is -2.17. The van der Waals surface area contributed by atoms with E-state index in [0.717, 1.165) is 13.0 Å². The number of aromatic nitrogens is 1. The Morgan fingerprint density at radius 1 is 1.61 bits per heavy atom. The van der Waals surface area contributed by atoms with Crippen molar-refractivity contribution in [2.45, 2.75) is 26.3 Å². The minimum atomic E-state index is 0.172. The number of hydrogen-bond donors (Lipinski definition) is 2. The lowest BCUT2D eigenvalue weighted by atomic mass is 10.1. The first kappa shape index (κ1) is 13.1. The van der Waals surface area contributed by atoms with E-state index in [1.807, 2.05) is 4.90 Å². The van der Waals surface area contributed by atoms with Crippen molar-refractivity contribution in [3.63, 3.8) is 0 Å². The SMILES string of the molecule is CCC1CC(=O)N(Cc2nc(NN)ccc2Cl)C1. The fourth-order valence-electron chi connectivity index (χ4n) is 2.14. The molecule has 1 aromatic rings. The average Bonchev–Trinajstić information content (AvgIpc) is 2.73. The van der Waals surface area contributed by atoms with Crippen molar-refractivity contribution in [2.24, 2.45) is 11.8 Å². The van der Waals surface area contributed by atoms with Gasteiger partial charge in [0.25, 0.3) is 0 Å². The number of carbonyl (C=O) groups excluding carboxylic acids is 1. The molecule has 0 bridgehead atoms. The molecule has 0 aromatic carbocycles. The van der Waals surface area contributed by atoms with E-state index in [1.165, 1.54) is 0 Å². The quantitative estimate of drug-likeness (QED) is 0.645. The molecule has 98 valence electrons. The van der Waals surface area contributed by atoms with Gasteiger partial charge in [0.1, 0.15) is 5.82 Å². The van der Waals surface area contributed by atoms with E-state index in [4.69, 9.17) is 17.4 Å². The predicted octanol–water partition coefficient (Wildman–Crippen LogP) is 1.78. The lowest BCUT2D eigenvalue weighted by Crippen LogP contribution is -2.25. The fourth-order valence-corrected chi connectivity index (χ4v) is 2.30. The molecule has 0 spiro atoms. The number of hydrogen-bond acceptors (Lipinski definition) is 4. The Labute approximate surface area is 111 Å². The van der Waals surface area contributed by atoms with Gasteiger partial charge in [-0.2, -0.15) is 0 Å². The molecule has 1 amide bonds. The second-order valence-corrected chi connectivity index (χ2v) is 4.93. The van der Waals surface area contributed by atoms with Gasteiger partial charge in [0, 0.05) is 13.0 Å². The van der Waals surface area contributed by atoms with Crippen molar-refractivity contribution in [3.05, 3.63) is 22.8 Å². The zero-order valence-electron chi connectivity index (χ0n) is 10.3. The maximum absolute atomic E-state index is 11.8. The Morgan fingerprint density at radius 2 is 2.39 bits per heavy atom. The number of likely N-dealkylation sites (tertiary alicyclic amines) is 1. The maximum Gasteiger partial charge on any atom is 0.223 e. The molecule has 0 saturated carbocycles. The van der Waals surface area contributed by atoms with Crippen LogP contribution in [0.15, 0.2) is 12.1 Å². The Morgan fingerprint density at radius 3 is 3.00 bits per heavy atom. The van der Waals surface area contributed by atoms with Gasteiger partial charge in [0.2, 0.25) is 5.91 Å². The minimum absolute atomic E-state index is 0.172. The van der Waals surface area contributed by atoms with Crippen molar-refractivity contribution < 1.29 is 4.79 Å². The maximum atomic E-state index is 11.8. The molecule has 2 rings (SSSR count). The largest absolute Gasteiger partial charge is 0.336 e. The highest BCUT2D eigenvalue weighted by atomic mass is 35.5. The molecule has 1 aromatic heterocycles. The van der Waals surface area contributed by atoms with Gasteiger partial charge >= 0.3 is 0 Å². The van der Waals surface area contributed by atoms with Gasteiger partial charge in [-0.15, -0.1) is 0 Å². The van der Waals surface area contributed by atoms with E-state index < -0.39 is 0 Å². The van der Waals surface area contributed by atoms with E-state index in [2.05, 4.69) is 17.3 Å². The van der Waals surface area contributed by atoms with E-state index in [9.17, 15) is 4.79 Å². The zero-order valence-corrected chi connectivity index (χ0v) is 11.1. The van der Waals surface area contributed by atoms with Crippen molar-refractivity contribution >= 4 is 23.3 Å². The highest BCUT2D eigenvalue weighted by Gasteiger charge is 2.28. The van der Waals surface area contributed by atoms with Crippen molar-refractivity contribution in [3.8, 4) is 0 Å². The molecule has 18 heavy (non-hydrogen) atoms. The summed E-state index contributed by atoms with van der Waals surface area (Å²) in [7, 11) is 0. The molecule has 3 N–H and O–H groups in total. The van der Waals surface area contributed by atoms with Gasteiger partial charge < -0.3 is 10.3 Å². The van der Waals surface area contributed by atoms with Crippen LogP contribution >= 0.6 is 11.6 Å². The summed E-state index contributed by atoms with van der Waals surface area (Å²) in [5.41, 5.74) is 3.16. The van der Waals surface area contributed by atoms with Gasteiger partial charge in [0.05, 0.1) is 17.3 Å². The number of nitrogens with one attached hydrogen (secondary N) is 1. The molecule has 1 unspecified atom stereocenters. The summed E-state index contributed by atoms with van der Waals surface area (Å²) in [5.74, 6) is 6.48. The molecule has 6 heteroatoms. The first-order valence-corrected chi connectivity index (χ1v) is 6.41. The standard InChI is InChI=1S/C12H17ClN4O/c1-2-8-5-12(18)17(6-8)7-10-9(13)3-4-11(15-10)16-14/h3-4,8H,2,5-7,14H2,1H3,(H,15,16). The lowest BCUT2D eigenvalue weighted by molar-refractivity contribution is -0.128. The number of pyridine rings is 1. The Balaban J connectivity index is 2.12. The van der Waals surface area contributed by atoms with Gasteiger partial charge in [0.15, 0.2) is 0 Å². The number of hydrazine groups is 1. The van der Waals surface area contributed by atoms with E-state index in [0.29, 0.717) is 35.4 Å². The number of anilines is 1. The molecular formula is C12H17ClN4O. The van der Waals surface area contributed by atoms with Gasteiger partial charge in [-0.05, 0) is 18.1 Å². The van der Waals surface area contributed by atoms with Crippen LogP contribution in [0.3, 0.4) is 0 Å². The normalized spacial score (nSPS) is 19.4. The summed E-state index contributed by atoms with van der Waals surface area (Å²) >= 11 is 6.08. The third-order valence-electron chi connectivity index (χ3n) is 3.28. The second-order valence-electron chi connectivity index (χ2n) is 4.52. The highest BCUT2D eigenvalue weighted by Crippen LogP contribution is 2.24.